The van der Waals surface area contributed by atoms with Crippen LogP contribution in [0.15, 0.2) is 30.5 Å². The predicted molar refractivity (Wildman–Crippen MR) is 98.7 cm³/mol. The molecule has 144 valence electrons. The standard InChI is InChI=1S/C21H25N3O2.BrH/c25-20-17-12-9-10-13-18(17)21(26)24(20)23-16-11-7-5-3-1-2-4-6-8-14-19(23)22-15-16;/h9-10,12-13,15H,1-8,11,14H2;1H. The molecule has 0 atom stereocenters. The fourth-order valence-corrected chi connectivity index (χ4v) is 4.08. The van der Waals surface area contributed by atoms with Crippen LogP contribution >= 0.6 is 0 Å². The van der Waals surface area contributed by atoms with Gasteiger partial charge in [0, 0.05) is 6.42 Å². The van der Waals surface area contributed by atoms with E-state index in [1.165, 1.54) is 43.5 Å². The Hall–Kier alpha value is -1.95. The number of imidazole rings is 1. The number of aryl methyl sites for hydroxylation is 2. The summed E-state index contributed by atoms with van der Waals surface area (Å²) in [4.78, 5) is 29.2. The zero-order valence-corrected chi connectivity index (χ0v) is 17.1. The summed E-state index contributed by atoms with van der Waals surface area (Å²) in [6.07, 6.45) is 13.4. The van der Waals surface area contributed by atoms with Crippen LogP contribution in [-0.2, 0) is 12.8 Å². The summed E-state index contributed by atoms with van der Waals surface area (Å²) in [5.74, 6) is 0.512. The SMILES string of the molecule is O=C1c2ccccc2C(=O)N1[n+]1c2c[nH]c1CCCCCCCCCC2.[Br-]. The second-order valence-electron chi connectivity index (χ2n) is 7.33. The minimum Gasteiger partial charge on any atom is -1.00 e. The molecule has 4 rings (SSSR count). The highest BCUT2D eigenvalue weighted by Crippen LogP contribution is 2.21. The number of carbonyl (C=O) groups excluding carboxylic acids is 2. The van der Waals surface area contributed by atoms with Crippen molar-refractivity contribution in [1.29, 1.82) is 0 Å². The lowest BCUT2D eigenvalue weighted by Gasteiger charge is -2.13. The van der Waals surface area contributed by atoms with Crippen LogP contribution in [0.3, 0.4) is 0 Å². The summed E-state index contributed by atoms with van der Waals surface area (Å²) in [5.41, 5.74) is 2.02. The van der Waals surface area contributed by atoms with Gasteiger partial charge in [0.2, 0.25) is 0 Å². The first kappa shape index (κ1) is 19.8. The molecule has 0 fully saturated rings. The molecule has 5 nitrogen and oxygen atoms in total. The molecule has 3 heterocycles. The summed E-state index contributed by atoms with van der Waals surface area (Å²) < 4.78 is 1.86. The van der Waals surface area contributed by atoms with Crippen LogP contribution < -0.4 is 26.7 Å². The molecule has 0 radical (unpaired) electrons. The molecular weight excluding hydrogens is 406 g/mol. The van der Waals surface area contributed by atoms with E-state index >= 15 is 0 Å². The Morgan fingerprint density at radius 3 is 1.89 bits per heavy atom. The van der Waals surface area contributed by atoms with Crippen molar-refractivity contribution < 1.29 is 31.2 Å². The number of hydrogen-bond donors (Lipinski definition) is 1. The number of benzene rings is 1. The first-order chi connectivity index (χ1) is 12.8. The van der Waals surface area contributed by atoms with Crippen LogP contribution in [0.4, 0.5) is 0 Å². The van der Waals surface area contributed by atoms with Crippen molar-refractivity contribution in [3.05, 3.63) is 53.1 Å². The lowest BCUT2D eigenvalue weighted by atomic mass is 10.1. The smallest absolute Gasteiger partial charge is 0.298 e. The Morgan fingerprint density at radius 2 is 1.30 bits per heavy atom. The zero-order valence-electron chi connectivity index (χ0n) is 15.5. The summed E-state index contributed by atoms with van der Waals surface area (Å²) in [7, 11) is 0. The second kappa shape index (κ2) is 8.83. The maximum Gasteiger partial charge on any atom is 0.298 e. The molecule has 1 aromatic carbocycles. The van der Waals surface area contributed by atoms with E-state index in [-0.39, 0.29) is 28.8 Å². The van der Waals surface area contributed by atoms with Crippen LogP contribution in [0.5, 0.6) is 0 Å². The Balaban J connectivity index is 0.00000210. The van der Waals surface area contributed by atoms with Gasteiger partial charge in [0.25, 0.3) is 17.6 Å². The van der Waals surface area contributed by atoms with Crippen molar-refractivity contribution in [2.75, 3.05) is 5.01 Å². The van der Waals surface area contributed by atoms with Gasteiger partial charge in [-0.3, -0.25) is 9.59 Å². The molecule has 2 aliphatic heterocycles. The number of imide groups is 1. The van der Waals surface area contributed by atoms with Crippen LogP contribution in [0.2, 0.25) is 0 Å². The first-order valence-corrected chi connectivity index (χ1v) is 9.86. The van der Waals surface area contributed by atoms with Gasteiger partial charge in [-0.15, -0.1) is 4.68 Å². The molecule has 0 aliphatic carbocycles. The van der Waals surface area contributed by atoms with Gasteiger partial charge in [0.05, 0.1) is 17.5 Å². The van der Waals surface area contributed by atoms with Gasteiger partial charge < -0.3 is 17.0 Å². The lowest BCUT2D eigenvalue weighted by Crippen LogP contribution is -3.00. The average molecular weight is 432 g/mol. The van der Waals surface area contributed by atoms with Crippen LogP contribution in [-0.4, -0.2) is 16.8 Å². The molecule has 0 spiro atoms. The Bertz CT molecular complexity index is 766. The second-order valence-corrected chi connectivity index (χ2v) is 7.33. The topological polar surface area (TPSA) is 57.1 Å². The van der Waals surface area contributed by atoms with E-state index in [1.54, 1.807) is 12.1 Å². The van der Waals surface area contributed by atoms with E-state index < -0.39 is 0 Å². The third-order valence-corrected chi connectivity index (χ3v) is 5.50. The van der Waals surface area contributed by atoms with Crippen molar-refractivity contribution >= 4 is 11.8 Å². The molecule has 2 bridgehead atoms. The third kappa shape index (κ3) is 3.86. The largest absolute Gasteiger partial charge is 1.00 e. The molecule has 2 aliphatic rings. The van der Waals surface area contributed by atoms with Gasteiger partial charge in [-0.05, 0) is 25.0 Å². The number of nitrogens with zero attached hydrogens (tertiary/aromatic N) is 2. The molecule has 2 amide bonds. The highest BCUT2D eigenvalue weighted by atomic mass is 79.9. The molecule has 27 heavy (non-hydrogen) atoms. The normalized spacial score (nSPS) is 18.1. The van der Waals surface area contributed by atoms with Crippen molar-refractivity contribution in [2.45, 2.75) is 64.2 Å². The third-order valence-electron chi connectivity index (χ3n) is 5.50. The molecule has 2 aromatic rings. The minimum atomic E-state index is -0.220. The van der Waals surface area contributed by atoms with Crippen LogP contribution in [0, 0.1) is 0 Å². The van der Waals surface area contributed by atoms with Gasteiger partial charge >= 0.3 is 0 Å². The van der Waals surface area contributed by atoms with E-state index in [9.17, 15) is 9.59 Å². The predicted octanol–water partition coefficient (Wildman–Crippen LogP) is 0.458. The van der Waals surface area contributed by atoms with Crippen molar-refractivity contribution in [3.63, 3.8) is 0 Å². The van der Waals surface area contributed by atoms with E-state index in [2.05, 4.69) is 4.98 Å². The molecule has 1 aromatic heterocycles. The number of hydrogen-bond acceptors (Lipinski definition) is 2. The molecule has 1 N–H and O–H groups in total. The van der Waals surface area contributed by atoms with Crippen LogP contribution in [0.25, 0.3) is 0 Å². The zero-order chi connectivity index (χ0) is 17.9. The van der Waals surface area contributed by atoms with Crippen molar-refractivity contribution in [2.24, 2.45) is 0 Å². The minimum absolute atomic E-state index is 0. The highest BCUT2D eigenvalue weighted by Gasteiger charge is 2.42. The van der Waals surface area contributed by atoms with Crippen LogP contribution in [0.1, 0.15) is 83.6 Å². The Labute approximate surface area is 170 Å². The van der Waals surface area contributed by atoms with Gasteiger partial charge in [-0.25, -0.2) is 4.98 Å². The monoisotopic (exact) mass is 431 g/mol. The fourth-order valence-electron chi connectivity index (χ4n) is 4.08. The van der Waals surface area contributed by atoms with Crippen molar-refractivity contribution in [3.8, 4) is 0 Å². The van der Waals surface area contributed by atoms with E-state index in [4.69, 9.17) is 0 Å². The number of amides is 2. The molecule has 0 saturated heterocycles. The van der Waals surface area contributed by atoms with E-state index in [0.29, 0.717) is 11.1 Å². The quantitative estimate of drug-likeness (QED) is 0.526. The maximum absolute atomic E-state index is 13.0. The van der Waals surface area contributed by atoms with Gasteiger partial charge in [0.1, 0.15) is 6.20 Å². The lowest BCUT2D eigenvalue weighted by molar-refractivity contribution is -0.685. The number of halogens is 1. The van der Waals surface area contributed by atoms with Gasteiger partial charge in [-0.1, -0.05) is 55.7 Å². The number of aromatic amines is 1. The summed E-state index contributed by atoms with van der Waals surface area (Å²) in [6.45, 7) is 0. The number of carbonyl (C=O) groups is 2. The number of H-pyrrole nitrogens is 1. The van der Waals surface area contributed by atoms with E-state index in [1.807, 2.05) is 23.0 Å². The van der Waals surface area contributed by atoms with Gasteiger partial charge in [0.15, 0.2) is 5.69 Å². The summed E-state index contributed by atoms with van der Waals surface area (Å²) in [6, 6.07) is 7.11. The van der Waals surface area contributed by atoms with Crippen molar-refractivity contribution in [1.82, 2.24) is 4.98 Å². The fraction of sp³-hybridized carbons (Fsp3) is 0.476. The highest BCUT2D eigenvalue weighted by molar-refractivity contribution is 6.29. The summed E-state index contributed by atoms with van der Waals surface area (Å²) in [5, 5.41) is 1.34. The molecular formula is C21H26BrN3O2. The van der Waals surface area contributed by atoms with Gasteiger partial charge in [-0.2, -0.15) is 0 Å². The molecule has 0 unspecified atom stereocenters. The average Bonchev–Trinajstić information content (AvgIpc) is 3.16. The van der Waals surface area contributed by atoms with E-state index in [0.717, 1.165) is 37.2 Å². The number of nitrogens with one attached hydrogen (secondary N) is 1. The molecule has 0 saturated carbocycles. The Kier molecular flexibility index (Phi) is 6.47. The summed E-state index contributed by atoms with van der Waals surface area (Å²) >= 11 is 0. The Morgan fingerprint density at radius 1 is 0.778 bits per heavy atom. The first-order valence-electron chi connectivity index (χ1n) is 9.86. The number of fused-ring (bicyclic) bond motifs is 3. The number of aromatic nitrogens is 2. The maximum atomic E-state index is 13.0. The number of rotatable bonds is 1. The molecule has 6 heteroatoms.